The van der Waals surface area contributed by atoms with E-state index in [1.165, 1.54) is 10.8 Å². The minimum Gasteiger partial charge on any atom is -0.275 e. The van der Waals surface area contributed by atoms with Crippen LogP contribution in [0.2, 0.25) is 0 Å². The highest BCUT2D eigenvalue weighted by molar-refractivity contribution is 5.62. The lowest BCUT2D eigenvalue weighted by Gasteiger charge is -2.00. The smallest absolute Gasteiger partial charge is 0.0718 e. The van der Waals surface area contributed by atoms with E-state index in [9.17, 15) is 0 Å². The molecule has 1 aliphatic heterocycles. The van der Waals surface area contributed by atoms with Crippen molar-refractivity contribution in [2.45, 2.75) is 0 Å². The van der Waals surface area contributed by atoms with Crippen molar-refractivity contribution in [1.29, 1.82) is 0 Å². The van der Waals surface area contributed by atoms with Gasteiger partial charge in [0.2, 0.25) is 0 Å². The van der Waals surface area contributed by atoms with Gasteiger partial charge in [0.15, 0.2) is 0 Å². The van der Waals surface area contributed by atoms with E-state index in [4.69, 9.17) is 0 Å². The molecule has 0 saturated heterocycles. The maximum absolute atomic E-state index is 4.15. The van der Waals surface area contributed by atoms with Crippen LogP contribution in [0.5, 0.6) is 0 Å². The van der Waals surface area contributed by atoms with E-state index in [1.54, 1.807) is 0 Å². The first-order valence-electron chi connectivity index (χ1n) is 4.50. The van der Waals surface area contributed by atoms with Crippen LogP contribution in [0.1, 0.15) is 0 Å². The van der Waals surface area contributed by atoms with Crippen LogP contribution < -0.4 is 10.6 Å². The molecule has 0 saturated carbocycles. The minimum absolute atomic E-state index is 1.08. The van der Waals surface area contributed by atoms with Crippen molar-refractivity contribution < 1.29 is 0 Å². The Bertz CT molecular complexity index is 608. The summed E-state index contributed by atoms with van der Waals surface area (Å²) in [6.45, 7) is 0. The van der Waals surface area contributed by atoms with E-state index < -0.39 is 0 Å². The Hall–Kier alpha value is -1.90. The zero-order chi connectivity index (χ0) is 9.54. The molecule has 14 heavy (non-hydrogen) atoms. The predicted octanol–water partition coefficient (Wildman–Crippen LogP) is 0.458. The molecule has 3 rings (SSSR count). The number of hydrogen-bond acceptors (Lipinski definition) is 2. The first kappa shape index (κ1) is 7.50. The minimum atomic E-state index is 1.08. The van der Waals surface area contributed by atoms with Gasteiger partial charge in [0.05, 0.1) is 11.6 Å². The van der Waals surface area contributed by atoms with E-state index >= 15 is 0 Å². The fraction of sp³-hybridized carbons (Fsp3) is 0.0909. The molecule has 0 aliphatic carbocycles. The maximum Gasteiger partial charge on any atom is 0.0718 e. The van der Waals surface area contributed by atoms with Crippen molar-refractivity contribution in [2.24, 2.45) is 12.0 Å². The van der Waals surface area contributed by atoms with Crippen molar-refractivity contribution in [3.05, 3.63) is 41.2 Å². The molecule has 0 radical (unpaired) electrons. The molecule has 1 aliphatic rings. The van der Waals surface area contributed by atoms with Gasteiger partial charge in [-0.25, -0.2) is 0 Å². The van der Waals surface area contributed by atoms with Gasteiger partial charge in [-0.3, -0.25) is 9.67 Å². The quantitative estimate of drug-likeness (QED) is 0.631. The van der Waals surface area contributed by atoms with Crippen LogP contribution in [0.3, 0.4) is 0 Å². The van der Waals surface area contributed by atoms with Gasteiger partial charge in [0.25, 0.3) is 0 Å². The molecule has 2 heterocycles. The number of aromatic nitrogens is 2. The normalized spacial score (nSPS) is 12.4. The zero-order valence-corrected chi connectivity index (χ0v) is 7.81. The topological polar surface area (TPSA) is 30.2 Å². The van der Waals surface area contributed by atoms with Crippen LogP contribution in [0, 0.1) is 0 Å². The zero-order valence-electron chi connectivity index (χ0n) is 7.81. The maximum atomic E-state index is 4.15. The van der Waals surface area contributed by atoms with E-state index in [-0.39, 0.29) is 0 Å². The Morgan fingerprint density at radius 1 is 1.21 bits per heavy atom. The Labute approximate surface area is 81.0 Å². The lowest BCUT2D eigenvalue weighted by molar-refractivity contribution is 0.768. The van der Waals surface area contributed by atoms with Crippen LogP contribution in [0.15, 0.2) is 35.6 Å². The summed E-state index contributed by atoms with van der Waals surface area (Å²) in [7, 11) is 1.92. The first-order valence-corrected chi connectivity index (χ1v) is 4.50. The van der Waals surface area contributed by atoms with Crippen LogP contribution in [-0.4, -0.2) is 9.78 Å². The predicted molar refractivity (Wildman–Crippen MR) is 53.9 cm³/mol. The van der Waals surface area contributed by atoms with Crippen molar-refractivity contribution in [2.75, 3.05) is 0 Å². The molecule has 0 atom stereocenters. The van der Waals surface area contributed by atoms with E-state index in [0.717, 1.165) is 10.9 Å². The Balaban J connectivity index is 2.18. The molecule has 2 aromatic rings. The molecule has 0 amide bonds. The number of nitrogens with zero attached hydrogens (tertiary/aromatic N) is 3. The third kappa shape index (κ3) is 0.988. The molecule has 3 nitrogen and oxygen atoms in total. The van der Waals surface area contributed by atoms with Crippen LogP contribution in [0.4, 0.5) is 0 Å². The highest BCUT2D eigenvalue weighted by atomic mass is 15.2. The fourth-order valence-corrected chi connectivity index (χ4v) is 1.60. The van der Waals surface area contributed by atoms with Gasteiger partial charge in [-0.1, -0.05) is 6.07 Å². The second-order valence-corrected chi connectivity index (χ2v) is 3.43. The lowest BCUT2D eigenvalue weighted by atomic mass is 10.1. The summed E-state index contributed by atoms with van der Waals surface area (Å²) < 4.78 is 1.81. The summed E-state index contributed by atoms with van der Waals surface area (Å²) in [4.78, 5) is 4.13. The number of aryl methyl sites for hydroxylation is 1. The largest absolute Gasteiger partial charge is 0.275 e. The first-order chi connectivity index (χ1) is 6.83. The highest BCUT2D eigenvalue weighted by Gasteiger charge is 2.02. The van der Waals surface area contributed by atoms with E-state index in [0.29, 0.717) is 0 Å². The molecular weight excluding hydrogens is 174 g/mol. The fourth-order valence-electron chi connectivity index (χ4n) is 1.60. The SMILES string of the molecule is Cn1cc(-c2ccc3c(c2)=CN=3)cn1. The molecule has 68 valence electrons. The van der Waals surface area contributed by atoms with Gasteiger partial charge in [0.1, 0.15) is 0 Å². The molecule has 0 fully saturated rings. The van der Waals surface area contributed by atoms with Gasteiger partial charge < -0.3 is 0 Å². The van der Waals surface area contributed by atoms with Crippen molar-refractivity contribution in [1.82, 2.24) is 9.78 Å². The van der Waals surface area contributed by atoms with Gasteiger partial charge in [0, 0.05) is 30.2 Å². The Kier molecular flexibility index (Phi) is 1.36. The highest BCUT2D eigenvalue weighted by Crippen LogP contribution is 2.15. The van der Waals surface area contributed by atoms with Gasteiger partial charge in [-0.15, -0.1) is 0 Å². The molecule has 0 spiro atoms. The third-order valence-electron chi connectivity index (χ3n) is 2.41. The van der Waals surface area contributed by atoms with Gasteiger partial charge >= 0.3 is 0 Å². The second kappa shape index (κ2) is 2.54. The van der Waals surface area contributed by atoms with E-state index in [2.05, 4.69) is 22.2 Å². The average molecular weight is 183 g/mol. The molecule has 1 aromatic carbocycles. The standard InChI is InChI=1S/C11H9N3/c1-14-7-10(6-13-14)8-2-3-11-9(4-8)5-12-11/h2-7H,1H3. The van der Waals surface area contributed by atoms with Gasteiger partial charge in [-0.2, -0.15) is 5.10 Å². The van der Waals surface area contributed by atoms with Crippen molar-refractivity contribution >= 4 is 6.20 Å². The van der Waals surface area contributed by atoms with Gasteiger partial charge in [-0.05, 0) is 17.7 Å². The van der Waals surface area contributed by atoms with Crippen LogP contribution in [0.25, 0.3) is 17.3 Å². The number of rotatable bonds is 1. The second-order valence-electron chi connectivity index (χ2n) is 3.43. The molecular formula is C11H9N3. The molecule has 3 heteroatoms. The Morgan fingerprint density at radius 3 is 2.71 bits per heavy atom. The van der Waals surface area contributed by atoms with E-state index in [1.807, 2.05) is 36.4 Å². The summed E-state index contributed by atoms with van der Waals surface area (Å²) in [5.74, 6) is 0. The van der Waals surface area contributed by atoms with Crippen LogP contribution >= 0.6 is 0 Å². The summed E-state index contributed by atoms with van der Waals surface area (Å²) in [6, 6.07) is 6.25. The lowest BCUT2D eigenvalue weighted by Crippen LogP contribution is -2.30. The third-order valence-corrected chi connectivity index (χ3v) is 2.41. The summed E-state index contributed by atoms with van der Waals surface area (Å²) in [5, 5.41) is 6.44. The Morgan fingerprint density at radius 2 is 2.14 bits per heavy atom. The summed E-state index contributed by atoms with van der Waals surface area (Å²) >= 11 is 0. The summed E-state index contributed by atoms with van der Waals surface area (Å²) in [5.41, 5.74) is 2.35. The average Bonchev–Trinajstić information content (AvgIpc) is 2.54. The number of hydrogen-bond donors (Lipinski definition) is 0. The monoisotopic (exact) mass is 183 g/mol. The number of benzene rings is 1. The molecule has 0 unspecified atom stereocenters. The van der Waals surface area contributed by atoms with Crippen LogP contribution in [-0.2, 0) is 7.05 Å². The summed E-state index contributed by atoms with van der Waals surface area (Å²) in [6.07, 6.45) is 5.77. The van der Waals surface area contributed by atoms with Crippen molar-refractivity contribution in [3.8, 4) is 11.1 Å². The molecule has 0 N–H and O–H groups in total. The molecule has 1 aromatic heterocycles. The van der Waals surface area contributed by atoms with Crippen molar-refractivity contribution in [3.63, 3.8) is 0 Å². The molecule has 0 bridgehead atoms. The number of fused-ring (bicyclic) bond motifs is 1.